The first kappa shape index (κ1) is 7.99. The van der Waals surface area contributed by atoms with Gasteiger partial charge in [-0.2, -0.15) is 8.42 Å². The van der Waals surface area contributed by atoms with Gasteiger partial charge in [0, 0.05) is 0 Å². The van der Waals surface area contributed by atoms with Gasteiger partial charge in [0.25, 0.3) is 4.58 Å². The first-order valence-electron chi connectivity index (χ1n) is 2.44. The molecule has 0 aromatic rings. The van der Waals surface area contributed by atoms with Crippen LogP contribution in [0.3, 0.4) is 0 Å². The van der Waals surface area contributed by atoms with Gasteiger partial charge in [0.1, 0.15) is 17.6 Å². The van der Waals surface area contributed by atoms with E-state index >= 15 is 0 Å². The van der Waals surface area contributed by atoms with Crippen molar-refractivity contribution in [3.8, 4) is 0 Å². The molecule has 58 valence electrons. The third-order valence-electron chi connectivity index (χ3n) is 1.09. The van der Waals surface area contributed by atoms with E-state index in [4.69, 9.17) is 9.69 Å². The minimum Gasteiger partial charge on any atom is -0.282 e. The Bertz CT molecular complexity index is 246. The van der Waals surface area contributed by atoms with Gasteiger partial charge < -0.3 is 0 Å². The van der Waals surface area contributed by atoms with Gasteiger partial charge in [-0.15, -0.1) is 5.14 Å². The molecule has 10 heavy (non-hydrogen) atoms. The summed E-state index contributed by atoms with van der Waals surface area (Å²) in [6, 6.07) is 0. The van der Waals surface area contributed by atoms with E-state index in [1.165, 1.54) is 5.55 Å². The molecule has 0 aromatic carbocycles. The normalized spacial score (nSPS) is 33.0. The van der Waals surface area contributed by atoms with Gasteiger partial charge in [-0.25, -0.2) is 4.99 Å². The largest absolute Gasteiger partial charge is 0.319 e. The van der Waals surface area contributed by atoms with Gasteiger partial charge in [-0.05, 0) is 0 Å². The van der Waals surface area contributed by atoms with Gasteiger partial charge in [0.15, 0.2) is 0 Å². The Morgan fingerprint density at radius 1 is 1.80 bits per heavy atom. The second-order valence-electron chi connectivity index (χ2n) is 1.82. The molecule has 0 bridgehead atoms. The highest BCUT2D eigenvalue weighted by atomic mass is 32.3. The smallest absolute Gasteiger partial charge is 0.282 e. The number of hydrogen-bond acceptors (Lipinski definition) is 4. The predicted molar refractivity (Wildman–Crippen MR) is 40.2 cm³/mol. The molecule has 2 unspecified atom stereocenters. The van der Waals surface area contributed by atoms with Crippen molar-refractivity contribution in [2.45, 2.75) is 4.58 Å². The van der Waals surface area contributed by atoms with Gasteiger partial charge >= 0.3 is 10.1 Å². The zero-order valence-corrected chi connectivity index (χ0v) is 6.60. The molecule has 0 aliphatic carbocycles. The lowest BCUT2D eigenvalue weighted by molar-refractivity contribution is 0.480. The van der Waals surface area contributed by atoms with Crippen molar-refractivity contribution in [2.75, 3.05) is 6.54 Å². The Morgan fingerprint density at radius 2 is 2.40 bits per heavy atom. The Hall–Kier alpha value is -0.110. The van der Waals surface area contributed by atoms with Crippen LogP contribution in [-0.4, -0.2) is 29.6 Å². The van der Waals surface area contributed by atoms with E-state index in [0.717, 1.165) is 0 Å². The molecule has 2 atom stereocenters. The number of nitrogens with two attached hydrogens (primary N) is 1. The summed E-state index contributed by atoms with van der Waals surface area (Å²) in [4.78, 5) is 3.64. The monoisotopic (exact) mass is 183 g/mol. The van der Waals surface area contributed by atoms with Crippen LogP contribution in [0.5, 0.6) is 0 Å². The zero-order valence-electron chi connectivity index (χ0n) is 4.97. The van der Waals surface area contributed by atoms with Crippen LogP contribution in [0.25, 0.3) is 0 Å². The highest BCUT2D eigenvalue weighted by Gasteiger charge is 2.41. The molecule has 1 rings (SSSR count). The first-order chi connectivity index (χ1) is 4.52. The third-order valence-corrected chi connectivity index (χ3v) is 4.44. The van der Waals surface area contributed by atoms with Crippen LogP contribution in [0.1, 0.15) is 0 Å². The van der Waals surface area contributed by atoms with Crippen LogP contribution in [-0.2, 0) is 21.2 Å². The highest BCUT2D eigenvalue weighted by Crippen LogP contribution is 2.11. The van der Waals surface area contributed by atoms with Crippen molar-refractivity contribution in [2.24, 2.45) is 10.1 Å². The van der Waals surface area contributed by atoms with Crippen LogP contribution in [0.15, 0.2) is 4.99 Å². The highest BCUT2D eigenvalue weighted by molar-refractivity contribution is 8.17. The zero-order chi connectivity index (χ0) is 7.78. The van der Waals surface area contributed by atoms with E-state index in [1.54, 1.807) is 0 Å². The van der Waals surface area contributed by atoms with E-state index in [-0.39, 0.29) is 6.54 Å². The molecule has 3 N–H and O–H groups in total. The molecule has 0 amide bonds. The summed E-state index contributed by atoms with van der Waals surface area (Å²) in [6.45, 7) is 0.0818. The van der Waals surface area contributed by atoms with Gasteiger partial charge in [0.05, 0.1) is 0 Å². The van der Waals surface area contributed by atoms with Crippen LogP contribution in [0.4, 0.5) is 0 Å². The quantitative estimate of drug-likeness (QED) is 0.392. The van der Waals surface area contributed by atoms with E-state index < -0.39 is 25.8 Å². The van der Waals surface area contributed by atoms with Crippen LogP contribution >= 0.6 is 0 Å². The molecular formula is C3H7N2O3S2+. The summed E-state index contributed by atoms with van der Waals surface area (Å²) >= 11 is -0.910. The average Bonchev–Trinajstić information content (AvgIpc) is 2.11. The van der Waals surface area contributed by atoms with E-state index in [1.807, 2.05) is 0 Å². The van der Waals surface area contributed by atoms with Gasteiger partial charge in [-0.3, -0.25) is 4.55 Å². The average molecular weight is 183 g/mol. The number of hydrogen-bond donors (Lipinski definition) is 2. The summed E-state index contributed by atoms with van der Waals surface area (Å²) < 4.78 is 28.5. The predicted octanol–water partition coefficient (Wildman–Crippen LogP) is -1.27. The Balaban J connectivity index is 2.79. The van der Waals surface area contributed by atoms with Crippen LogP contribution in [0.2, 0.25) is 0 Å². The Labute approximate surface area is 61.6 Å². The van der Waals surface area contributed by atoms with Crippen molar-refractivity contribution >= 4 is 26.7 Å². The molecule has 1 aliphatic heterocycles. The van der Waals surface area contributed by atoms with E-state index in [9.17, 15) is 8.42 Å². The fourth-order valence-corrected chi connectivity index (χ4v) is 2.80. The fraction of sp³-hybridized carbons (Fsp3) is 0.667. The molecule has 1 aliphatic rings. The molecule has 0 fully saturated rings. The molecule has 0 saturated carbocycles. The molecular weight excluding hydrogens is 176 g/mol. The summed E-state index contributed by atoms with van der Waals surface area (Å²) in [6.07, 6.45) is 0. The first-order valence-corrected chi connectivity index (χ1v) is 5.36. The summed E-state index contributed by atoms with van der Waals surface area (Å²) in [7, 11) is -3.99. The Kier molecular flexibility index (Phi) is 1.99. The standard InChI is InChI=1S/C3H6N2O3S2/c4-9-2-5-1-3(9)10(6,7)8/h2-3H,1,4H2/p+1. The van der Waals surface area contributed by atoms with Crippen LogP contribution < -0.4 is 5.14 Å². The number of nitrogens with zero attached hydrogens (tertiary/aromatic N) is 1. The van der Waals surface area contributed by atoms with Crippen LogP contribution in [0, 0.1) is 0 Å². The third kappa shape index (κ3) is 1.48. The summed E-state index contributed by atoms with van der Waals surface area (Å²) in [5.74, 6) is 0. The maximum atomic E-state index is 10.4. The minimum atomic E-state index is -3.99. The van der Waals surface area contributed by atoms with Gasteiger partial charge in [0.2, 0.25) is 5.55 Å². The summed E-state index contributed by atoms with van der Waals surface area (Å²) in [5, 5.41) is 5.30. The summed E-state index contributed by atoms with van der Waals surface area (Å²) in [5.41, 5.74) is 1.36. The van der Waals surface area contributed by atoms with Crippen molar-refractivity contribution < 1.29 is 13.0 Å². The topological polar surface area (TPSA) is 92.8 Å². The maximum absolute atomic E-state index is 10.4. The second-order valence-corrected chi connectivity index (χ2v) is 5.32. The van der Waals surface area contributed by atoms with Gasteiger partial charge in [-0.1, -0.05) is 0 Å². The van der Waals surface area contributed by atoms with E-state index in [0.29, 0.717) is 0 Å². The number of rotatable bonds is 1. The number of aliphatic imine (C=N–C) groups is 1. The lowest BCUT2D eigenvalue weighted by atomic mass is 10.8. The molecule has 7 heteroatoms. The minimum absolute atomic E-state index is 0.0818. The fourth-order valence-electron chi connectivity index (χ4n) is 0.604. The molecule has 0 aromatic heterocycles. The molecule has 0 radical (unpaired) electrons. The molecule has 0 spiro atoms. The maximum Gasteiger partial charge on any atom is 0.319 e. The van der Waals surface area contributed by atoms with Crippen molar-refractivity contribution in [1.29, 1.82) is 0 Å². The Morgan fingerprint density at radius 3 is 2.60 bits per heavy atom. The van der Waals surface area contributed by atoms with E-state index in [2.05, 4.69) is 4.99 Å². The SMILES string of the molecule is N[S+]1C=NCC1S(=O)(=O)O. The molecule has 5 nitrogen and oxygen atoms in total. The molecule has 0 saturated heterocycles. The lowest BCUT2D eigenvalue weighted by Gasteiger charge is -1.98. The van der Waals surface area contributed by atoms with Crippen molar-refractivity contribution in [3.05, 3.63) is 0 Å². The molecule has 1 heterocycles. The lowest BCUT2D eigenvalue weighted by Crippen LogP contribution is -2.34. The second kappa shape index (κ2) is 2.50. The van der Waals surface area contributed by atoms with Crippen molar-refractivity contribution in [1.82, 2.24) is 0 Å². The van der Waals surface area contributed by atoms with Crippen molar-refractivity contribution in [3.63, 3.8) is 0 Å².